The molecule has 4 rings (SSSR count). The van der Waals surface area contributed by atoms with Gasteiger partial charge < -0.3 is 9.80 Å². The summed E-state index contributed by atoms with van der Waals surface area (Å²) in [5.74, 6) is -0.123. The van der Waals surface area contributed by atoms with Crippen molar-refractivity contribution in [2.24, 2.45) is 0 Å². The van der Waals surface area contributed by atoms with Crippen molar-refractivity contribution >= 4 is 23.4 Å². The lowest BCUT2D eigenvalue weighted by Crippen LogP contribution is -2.54. The van der Waals surface area contributed by atoms with Gasteiger partial charge in [-0.3, -0.25) is 14.6 Å². The lowest BCUT2D eigenvalue weighted by Gasteiger charge is -2.44. The van der Waals surface area contributed by atoms with Gasteiger partial charge in [-0.2, -0.15) is 0 Å². The van der Waals surface area contributed by atoms with Gasteiger partial charge in [0, 0.05) is 36.1 Å². The molecule has 0 spiro atoms. The molecule has 31 heavy (non-hydrogen) atoms. The highest BCUT2D eigenvalue weighted by molar-refractivity contribution is 6.30. The summed E-state index contributed by atoms with van der Waals surface area (Å²) in [7, 11) is 0. The molecule has 1 saturated heterocycles. The van der Waals surface area contributed by atoms with Gasteiger partial charge in [0.15, 0.2) is 0 Å². The average molecular weight is 434 g/mol. The van der Waals surface area contributed by atoms with Gasteiger partial charge in [-0.1, -0.05) is 54.9 Å². The van der Waals surface area contributed by atoms with Gasteiger partial charge >= 0.3 is 0 Å². The van der Waals surface area contributed by atoms with Crippen LogP contribution in [-0.4, -0.2) is 39.7 Å². The van der Waals surface area contributed by atoms with Gasteiger partial charge in [-0.15, -0.1) is 0 Å². The molecular weight excluding hydrogens is 410 g/mol. The van der Waals surface area contributed by atoms with E-state index in [0.717, 1.165) is 11.1 Å². The standard InChI is InChI=1S/C25H24ClN3O2/c1-2-25(21-10-12-22(26)13-11-21)28(23(30)17-19-7-6-14-27-18-19)15-16-29(25)24(31)20-8-4-3-5-9-20/h3-14,18H,2,15-17H2,1H3. The van der Waals surface area contributed by atoms with Crippen LogP contribution < -0.4 is 0 Å². The molecule has 3 aromatic rings. The summed E-state index contributed by atoms with van der Waals surface area (Å²) in [6.07, 6.45) is 4.19. The maximum atomic E-state index is 13.5. The van der Waals surface area contributed by atoms with Gasteiger partial charge in [0.2, 0.25) is 5.91 Å². The van der Waals surface area contributed by atoms with E-state index in [-0.39, 0.29) is 18.2 Å². The number of hydrogen-bond donors (Lipinski definition) is 0. The Balaban J connectivity index is 1.76. The summed E-state index contributed by atoms with van der Waals surface area (Å²) in [5.41, 5.74) is 1.45. The summed E-state index contributed by atoms with van der Waals surface area (Å²) in [5, 5.41) is 0.613. The van der Waals surface area contributed by atoms with E-state index >= 15 is 0 Å². The van der Waals surface area contributed by atoms with Crippen molar-refractivity contribution in [3.63, 3.8) is 0 Å². The molecule has 1 unspecified atom stereocenters. The SMILES string of the molecule is CCC1(c2ccc(Cl)cc2)N(C(=O)Cc2cccnc2)CCN1C(=O)c1ccccc1. The minimum Gasteiger partial charge on any atom is -0.313 e. The lowest BCUT2D eigenvalue weighted by molar-refractivity contribution is -0.138. The van der Waals surface area contributed by atoms with Crippen LogP contribution in [0, 0.1) is 0 Å². The number of halogens is 1. The normalized spacial score (nSPS) is 18.3. The van der Waals surface area contributed by atoms with Gasteiger partial charge in [-0.05, 0) is 47.9 Å². The fourth-order valence-electron chi connectivity index (χ4n) is 4.44. The molecule has 0 aliphatic carbocycles. The van der Waals surface area contributed by atoms with Crippen LogP contribution in [0.4, 0.5) is 0 Å². The number of pyridine rings is 1. The largest absolute Gasteiger partial charge is 0.313 e. The molecule has 0 saturated carbocycles. The molecule has 5 nitrogen and oxygen atoms in total. The Morgan fingerprint density at radius 3 is 2.32 bits per heavy atom. The van der Waals surface area contributed by atoms with E-state index in [1.807, 2.05) is 83.5 Å². The smallest absolute Gasteiger partial charge is 0.256 e. The third-order valence-corrected chi connectivity index (χ3v) is 6.14. The van der Waals surface area contributed by atoms with E-state index in [4.69, 9.17) is 11.6 Å². The molecule has 6 heteroatoms. The zero-order valence-corrected chi connectivity index (χ0v) is 18.1. The van der Waals surface area contributed by atoms with Gasteiger partial charge in [-0.25, -0.2) is 0 Å². The summed E-state index contributed by atoms with van der Waals surface area (Å²) in [6, 6.07) is 20.4. The van der Waals surface area contributed by atoms with Gasteiger partial charge in [0.25, 0.3) is 5.91 Å². The Morgan fingerprint density at radius 1 is 0.968 bits per heavy atom. The molecule has 2 aromatic carbocycles. The van der Waals surface area contributed by atoms with Crippen LogP contribution in [0.25, 0.3) is 0 Å². The number of carbonyl (C=O) groups excluding carboxylic acids is 2. The van der Waals surface area contributed by atoms with Gasteiger partial charge in [0.05, 0.1) is 6.42 Å². The second-order valence-corrected chi connectivity index (χ2v) is 8.02. The van der Waals surface area contributed by atoms with Crippen LogP contribution in [0.5, 0.6) is 0 Å². The van der Waals surface area contributed by atoms with Crippen molar-refractivity contribution in [2.75, 3.05) is 13.1 Å². The predicted molar refractivity (Wildman–Crippen MR) is 121 cm³/mol. The molecule has 2 amide bonds. The summed E-state index contributed by atoms with van der Waals surface area (Å²) in [4.78, 5) is 34.8. The highest BCUT2D eigenvalue weighted by atomic mass is 35.5. The first-order chi connectivity index (χ1) is 15.1. The van der Waals surface area contributed by atoms with E-state index in [1.54, 1.807) is 12.4 Å². The summed E-state index contributed by atoms with van der Waals surface area (Å²) < 4.78 is 0. The van der Waals surface area contributed by atoms with Crippen LogP contribution in [0.2, 0.25) is 5.02 Å². The first-order valence-electron chi connectivity index (χ1n) is 10.4. The monoisotopic (exact) mass is 433 g/mol. The Kier molecular flexibility index (Phi) is 6.05. The number of carbonyl (C=O) groups is 2. The minimum atomic E-state index is -0.878. The van der Waals surface area contributed by atoms with Crippen molar-refractivity contribution in [1.29, 1.82) is 0 Å². The number of nitrogens with zero attached hydrogens (tertiary/aromatic N) is 3. The van der Waals surface area contributed by atoms with Crippen LogP contribution in [0.1, 0.15) is 34.8 Å². The van der Waals surface area contributed by atoms with E-state index in [2.05, 4.69) is 4.98 Å². The number of hydrogen-bond acceptors (Lipinski definition) is 3. The Bertz CT molecular complexity index is 1060. The first-order valence-corrected chi connectivity index (χ1v) is 10.8. The fraction of sp³-hybridized carbons (Fsp3) is 0.240. The molecule has 158 valence electrons. The zero-order chi connectivity index (χ0) is 21.8. The highest BCUT2D eigenvalue weighted by Crippen LogP contribution is 2.41. The Hall–Kier alpha value is -3.18. The second-order valence-electron chi connectivity index (χ2n) is 7.58. The molecule has 1 aliphatic rings. The minimum absolute atomic E-state index is 0.0341. The highest BCUT2D eigenvalue weighted by Gasteiger charge is 2.51. The maximum absolute atomic E-state index is 13.5. The Morgan fingerprint density at radius 2 is 1.68 bits per heavy atom. The molecule has 0 radical (unpaired) electrons. The molecule has 0 N–H and O–H groups in total. The van der Waals surface area contributed by atoms with E-state index in [1.165, 1.54) is 0 Å². The Labute approximate surface area is 187 Å². The third-order valence-electron chi connectivity index (χ3n) is 5.88. The number of amides is 2. The first kappa shape index (κ1) is 21.1. The topological polar surface area (TPSA) is 53.5 Å². The van der Waals surface area contributed by atoms with Crippen LogP contribution in [-0.2, 0) is 16.9 Å². The molecule has 1 fully saturated rings. The van der Waals surface area contributed by atoms with Crippen LogP contribution >= 0.6 is 11.6 Å². The third kappa shape index (κ3) is 3.93. The molecule has 2 heterocycles. The van der Waals surface area contributed by atoms with Crippen molar-refractivity contribution in [3.05, 3.63) is 101 Å². The fourth-order valence-corrected chi connectivity index (χ4v) is 4.57. The molecule has 1 aliphatic heterocycles. The molecule has 1 atom stereocenters. The zero-order valence-electron chi connectivity index (χ0n) is 17.4. The maximum Gasteiger partial charge on any atom is 0.256 e. The van der Waals surface area contributed by atoms with E-state index in [0.29, 0.717) is 30.1 Å². The van der Waals surface area contributed by atoms with Crippen LogP contribution in [0.15, 0.2) is 79.1 Å². The van der Waals surface area contributed by atoms with Crippen molar-refractivity contribution in [1.82, 2.24) is 14.8 Å². The van der Waals surface area contributed by atoms with Gasteiger partial charge in [0.1, 0.15) is 5.66 Å². The van der Waals surface area contributed by atoms with Crippen molar-refractivity contribution in [2.45, 2.75) is 25.4 Å². The number of aromatic nitrogens is 1. The second kappa shape index (κ2) is 8.90. The quantitative estimate of drug-likeness (QED) is 0.594. The van der Waals surface area contributed by atoms with Crippen molar-refractivity contribution in [3.8, 4) is 0 Å². The molecular formula is C25H24ClN3O2. The van der Waals surface area contributed by atoms with Crippen LogP contribution in [0.3, 0.4) is 0 Å². The molecule has 0 bridgehead atoms. The molecule has 1 aromatic heterocycles. The van der Waals surface area contributed by atoms with E-state index < -0.39 is 5.66 Å². The number of rotatable bonds is 5. The average Bonchev–Trinajstić information content (AvgIpc) is 3.21. The van der Waals surface area contributed by atoms with E-state index in [9.17, 15) is 9.59 Å². The number of benzene rings is 2. The van der Waals surface area contributed by atoms with Crippen molar-refractivity contribution < 1.29 is 9.59 Å². The predicted octanol–water partition coefficient (Wildman–Crippen LogP) is 4.53. The summed E-state index contributed by atoms with van der Waals surface area (Å²) in [6.45, 7) is 2.94. The lowest BCUT2D eigenvalue weighted by atomic mass is 9.92. The summed E-state index contributed by atoms with van der Waals surface area (Å²) >= 11 is 6.14.